The molecule has 7 heteroatoms. The van der Waals surface area contributed by atoms with Crippen LogP contribution < -0.4 is 39.1 Å². The van der Waals surface area contributed by atoms with Gasteiger partial charge in [-0.3, -0.25) is 0 Å². The first-order valence-corrected chi connectivity index (χ1v) is 7.75. The molecule has 0 radical (unpaired) electrons. The molecule has 12 N–H and O–H groups in total. The van der Waals surface area contributed by atoms with Gasteiger partial charge in [0.1, 0.15) is 11.5 Å². The molecule has 0 aromatic heterocycles. The maximum absolute atomic E-state index is 7.88. The van der Waals surface area contributed by atoms with Gasteiger partial charge >= 0.3 is 0 Å². The lowest BCUT2D eigenvalue weighted by molar-refractivity contribution is 0.483. The van der Waals surface area contributed by atoms with Crippen molar-refractivity contribution in [2.45, 2.75) is 0 Å². The highest BCUT2D eigenvalue weighted by atomic mass is 16.5. The fraction of sp³-hybridized carbons (Fsp3) is 0. The van der Waals surface area contributed by atoms with Gasteiger partial charge in [0.2, 0.25) is 0 Å². The SMILES string of the molecule is [2H]c1c([2H])c(N([2H])[2H])c([2H])c(N([2H])[2H])c1[2H].[2H]c1c([2H])c(N([2H])[2H])c([2H])c([2H])c1N([2H])[2H].[2H]c1c([2H])c(N([2H])[2H])c([2H])c([2H])c1Oc1c([2H])c([2H])c(N([2H])[2H])c([2H])c1[2H]. The quantitative estimate of drug-likeness (QED) is 0.220. The van der Waals surface area contributed by atoms with Crippen LogP contribution in [0.4, 0.5) is 34.1 Å². The normalized spacial score (nSPS) is 21.3. The molecule has 0 saturated heterocycles. The summed E-state index contributed by atoms with van der Waals surface area (Å²) < 4.78 is 212. The van der Waals surface area contributed by atoms with Crippen LogP contribution in [-0.2, 0) is 0 Å². The van der Waals surface area contributed by atoms with Crippen molar-refractivity contribution in [3.63, 3.8) is 0 Å². The van der Waals surface area contributed by atoms with Crippen molar-refractivity contribution in [2.24, 2.45) is 0 Å². The summed E-state index contributed by atoms with van der Waals surface area (Å²) in [5, 5.41) is 0. The third-order valence-electron chi connectivity index (χ3n) is 2.58. The van der Waals surface area contributed by atoms with Gasteiger partial charge in [0.25, 0.3) is 0 Å². The fourth-order valence-electron chi connectivity index (χ4n) is 1.42. The highest BCUT2D eigenvalue weighted by Crippen LogP contribution is 2.22. The Labute approximate surface area is 222 Å². The van der Waals surface area contributed by atoms with Gasteiger partial charge in [0.15, 0.2) is 16.9 Å². The molecular weight excluding hydrogens is 388 g/mol. The van der Waals surface area contributed by atoms with Gasteiger partial charge in [-0.15, -0.1) is 0 Å². The molecule has 0 spiro atoms. The van der Waals surface area contributed by atoms with E-state index in [1.54, 1.807) is 0 Å². The van der Waals surface area contributed by atoms with Crippen molar-refractivity contribution in [3.05, 3.63) is 96.7 Å². The van der Waals surface area contributed by atoms with E-state index in [9.17, 15) is 0 Å². The molecule has 0 aliphatic heterocycles. The van der Waals surface area contributed by atoms with Crippen LogP contribution in [0.25, 0.3) is 0 Å². The van der Waals surface area contributed by atoms with Crippen LogP contribution in [-0.4, -0.2) is 0 Å². The second-order valence-corrected chi connectivity index (χ2v) is 4.85. The number of anilines is 6. The number of ether oxygens (including phenoxy) is 1. The Kier molecular flexibility index (Phi) is 2.07. The van der Waals surface area contributed by atoms with Gasteiger partial charge in [-0.1, -0.05) is 6.04 Å². The van der Waals surface area contributed by atoms with E-state index >= 15 is 0 Å². The summed E-state index contributed by atoms with van der Waals surface area (Å²) in [6, 6.07) is -11.1. The van der Waals surface area contributed by atoms with Crippen LogP contribution in [0.2, 0.25) is 16.9 Å². The average molecular weight is 445 g/mol. The molecule has 0 bridgehead atoms. The number of hydrogen-bond donors (Lipinski definition) is 6. The van der Waals surface area contributed by atoms with Crippen LogP contribution in [0.3, 0.4) is 0 Å². The van der Waals surface area contributed by atoms with E-state index in [1.807, 2.05) is 0 Å². The summed E-state index contributed by atoms with van der Waals surface area (Å²) in [6.45, 7) is 0. The lowest BCUT2D eigenvalue weighted by atomic mass is 10.3. The van der Waals surface area contributed by atoms with E-state index in [4.69, 9.17) is 43.6 Å². The van der Waals surface area contributed by atoms with Crippen LogP contribution in [0.5, 0.6) is 11.5 Å². The first kappa shape index (κ1) is 5.59. The molecule has 160 valence electrons. The first-order chi connectivity index (χ1) is 27.0. The Morgan fingerprint density at radius 1 is 0.452 bits per heavy atom. The highest BCUT2D eigenvalue weighted by Gasteiger charge is 1.96. The van der Waals surface area contributed by atoms with Crippen LogP contribution >= 0.6 is 0 Å². The first-order valence-electron chi connectivity index (χ1n) is 21.1. The van der Waals surface area contributed by atoms with Crippen LogP contribution in [0.1, 0.15) is 21.9 Å². The largest absolute Gasteiger partial charge is 0.457 e. The topological polar surface area (TPSA) is 165 Å². The maximum atomic E-state index is 7.88. The molecule has 7 nitrogen and oxygen atoms in total. The van der Waals surface area contributed by atoms with E-state index in [0.29, 0.717) is 0 Å². The minimum absolute atomic E-state index is 0.0250. The second-order valence-electron chi connectivity index (χ2n) is 4.85. The van der Waals surface area contributed by atoms with Gasteiger partial charge in [-0.2, -0.15) is 0 Å². The molecule has 31 heavy (non-hydrogen) atoms. The minimum atomic E-state index is -0.779. The molecule has 0 saturated carbocycles. The van der Waals surface area contributed by atoms with Crippen molar-refractivity contribution in [2.75, 3.05) is 34.3 Å². The number of benzene rings is 4. The van der Waals surface area contributed by atoms with Crippen molar-refractivity contribution in [1.82, 2.24) is 0 Å². The van der Waals surface area contributed by atoms with E-state index in [0.717, 1.165) is 0 Å². The van der Waals surface area contributed by atoms with Crippen molar-refractivity contribution in [3.8, 4) is 11.5 Å². The maximum Gasteiger partial charge on any atom is 0.156 e. The standard InChI is InChI=1S/C12H12N2O.2C6H8N2/c13-9-1-5-11(6-2-9)15-12-7-3-10(14)4-8-12;7-5-1-2-6(8)4-3-5;7-5-2-1-3-6(8)4-5/h1-8H,13-14H2;2*1-4H,7-8H2/i1D,2D,3D,4D,5D,6D,7D,8D;2*1D,2D,3D,4D/hD12. The lowest BCUT2D eigenvalue weighted by Gasteiger charge is -2.05. The molecule has 4 aromatic rings. The third kappa shape index (κ3) is 9.01. The molecule has 0 unspecified atom stereocenters. The number of rotatable bonds is 8. The summed E-state index contributed by atoms with van der Waals surface area (Å²) in [7, 11) is 0. The van der Waals surface area contributed by atoms with Crippen molar-refractivity contribution in [1.29, 1.82) is 0 Å². The zero-order valence-electron chi connectivity index (χ0n) is 43.1. The summed E-state index contributed by atoms with van der Waals surface area (Å²) in [5.74, 6) is -1.42. The molecule has 0 fully saturated rings. The Balaban J connectivity index is 0.000000324. The summed E-state index contributed by atoms with van der Waals surface area (Å²) in [5.41, 5.74) is -3.65. The molecule has 0 amide bonds. The zero-order valence-corrected chi connectivity index (χ0v) is 15.1. The monoisotopic (exact) mass is 444 g/mol. The van der Waals surface area contributed by atoms with Gasteiger partial charge < -0.3 is 39.1 Å². The lowest BCUT2D eigenvalue weighted by Crippen LogP contribution is -1.87. The van der Waals surface area contributed by atoms with Gasteiger partial charge in [-0.25, -0.2) is 0 Å². The second kappa shape index (κ2) is 11.5. The molecule has 0 heterocycles. The van der Waals surface area contributed by atoms with Crippen molar-refractivity contribution < 1.29 is 43.6 Å². The number of nitrogens with two attached hydrogens (primary N) is 6. The summed E-state index contributed by atoms with van der Waals surface area (Å²) >= 11 is 0. The zero-order chi connectivity index (χ0) is 46.0. The van der Waals surface area contributed by atoms with E-state index in [2.05, 4.69) is 0 Å². The Hall–Kier alpha value is -4.52. The van der Waals surface area contributed by atoms with E-state index in [-0.39, 0.29) is 34.3 Å². The third-order valence-corrected chi connectivity index (χ3v) is 2.58. The predicted molar refractivity (Wildman–Crippen MR) is 132 cm³/mol. The van der Waals surface area contributed by atoms with E-state index < -0.39 is 142 Å². The molecular formula is C24H28N6O. The van der Waals surface area contributed by atoms with E-state index in [1.165, 1.54) is 0 Å². The molecule has 4 aromatic carbocycles. The van der Waals surface area contributed by atoms with Crippen LogP contribution in [0, 0.1) is 0 Å². The fourth-order valence-corrected chi connectivity index (χ4v) is 1.42. The minimum Gasteiger partial charge on any atom is -0.457 e. The van der Waals surface area contributed by atoms with Gasteiger partial charge in [0, 0.05) is 34.1 Å². The van der Waals surface area contributed by atoms with Gasteiger partial charge in [0.05, 0.1) is 21.9 Å². The number of nitrogen functional groups attached to an aromatic ring is 6. The van der Waals surface area contributed by atoms with Crippen LogP contribution in [0.15, 0.2) is 96.7 Å². The Morgan fingerprint density at radius 3 is 1.10 bits per heavy atom. The number of hydrogen-bond acceptors (Lipinski definition) is 7. The molecule has 4 rings (SSSR count). The van der Waals surface area contributed by atoms with Gasteiger partial charge in [-0.05, 0) is 90.6 Å². The molecule has 0 atom stereocenters. The average Bonchev–Trinajstić information content (AvgIpc) is 3.11. The molecule has 0 aliphatic rings. The smallest absolute Gasteiger partial charge is 0.156 e. The molecule has 0 aliphatic carbocycles. The Bertz CT molecular complexity index is 1990. The summed E-state index contributed by atoms with van der Waals surface area (Å²) in [6.07, 6.45) is 0. The predicted octanol–water partition coefficient (Wildman–Crippen LogP) is 4.35. The highest BCUT2D eigenvalue weighted by molar-refractivity contribution is 5.51. The van der Waals surface area contributed by atoms with Crippen molar-refractivity contribution >= 4 is 34.1 Å². The summed E-state index contributed by atoms with van der Waals surface area (Å²) in [4.78, 5) is 0. The Morgan fingerprint density at radius 2 is 0.774 bits per heavy atom.